The Balaban J connectivity index is 2.05. The fourth-order valence-electron chi connectivity index (χ4n) is 2.19. The van der Waals surface area contributed by atoms with Gasteiger partial charge < -0.3 is 4.98 Å². The lowest BCUT2D eigenvalue weighted by Gasteiger charge is -2.02. The van der Waals surface area contributed by atoms with Crippen molar-refractivity contribution in [1.29, 1.82) is 5.26 Å². The Morgan fingerprint density at radius 1 is 1.56 bits per heavy atom. The number of para-hydroxylation sites is 1. The number of Topliss-reactive ketones (excluding diaryl/α,β-unsaturated/α-hetero) is 1. The zero-order chi connectivity index (χ0) is 12.7. The standard InChI is InChI=1S/C14H13N3O/c1-8-3-2-4-11-12(8)17-14(16-11)10(7-15)13(18)9-5-6-9/h2-4,9-10H,5-6H2,1H3,(H,16,17). The number of imidazole rings is 1. The van der Waals surface area contributed by atoms with Crippen LogP contribution in [-0.2, 0) is 4.79 Å². The second-order valence-corrected chi connectivity index (χ2v) is 4.83. The zero-order valence-corrected chi connectivity index (χ0v) is 10.1. The number of carbonyl (C=O) groups excluding carboxylic acids is 1. The number of hydrogen-bond acceptors (Lipinski definition) is 3. The van der Waals surface area contributed by atoms with Gasteiger partial charge in [-0.1, -0.05) is 12.1 Å². The van der Waals surface area contributed by atoms with Gasteiger partial charge in [0, 0.05) is 5.92 Å². The first-order valence-electron chi connectivity index (χ1n) is 6.09. The number of ketones is 1. The SMILES string of the molecule is Cc1cccc2[nH]c(C(C#N)C(=O)C3CC3)nc12. The van der Waals surface area contributed by atoms with Gasteiger partial charge in [0.2, 0.25) is 0 Å². The molecule has 90 valence electrons. The summed E-state index contributed by atoms with van der Waals surface area (Å²) in [5.41, 5.74) is 2.77. The molecule has 0 radical (unpaired) electrons. The highest BCUT2D eigenvalue weighted by molar-refractivity contribution is 5.92. The number of nitriles is 1. The van der Waals surface area contributed by atoms with Crippen molar-refractivity contribution in [2.45, 2.75) is 25.7 Å². The van der Waals surface area contributed by atoms with Crippen LogP contribution in [0.3, 0.4) is 0 Å². The van der Waals surface area contributed by atoms with E-state index in [-0.39, 0.29) is 11.7 Å². The van der Waals surface area contributed by atoms with Crippen LogP contribution in [0.1, 0.15) is 30.1 Å². The fraction of sp³-hybridized carbons (Fsp3) is 0.357. The van der Waals surface area contributed by atoms with E-state index in [1.165, 1.54) is 0 Å². The molecule has 1 aliphatic rings. The molecule has 2 aromatic rings. The monoisotopic (exact) mass is 239 g/mol. The summed E-state index contributed by atoms with van der Waals surface area (Å²) in [6.45, 7) is 1.97. The highest BCUT2D eigenvalue weighted by Crippen LogP contribution is 2.35. The molecule has 1 heterocycles. The van der Waals surface area contributed by atoms with Crippen LogP contribution in [0.2, 0.25) is 0 Å². The Morgan fingerprint density at radius 3 is 2.94 bits per heavy atom. The highest BCUT2D eigenvalue weighted by atomic mass is 16.1. The van der Waals surface area contributed by atoms with Crippen LogP contribution < -0.4 is 0 Å². The highest BCUT2D eigenvalue weighted by Gasteiger charge is 2.37. The molecule has 0 aliphatic heterocycles. The Labute approximate surface area is 105 Å². The number of hydrogen-bond donors (Lipinski definition) is 1. The van der Waals surface area contributed by atoms with Crippen molar-refractivity contribution in [3.05, 3.63) is 29.6 Å². The Hall–Kier alpha value is -2.15. The summed E-state index contributed by atoms with van der Waals surface area (Å²) in [5, 5.41) is 9.19. The van der Waals surface area contributed by atoms with Gasteiger partial charge >= 0.3 is 0 Å². The summed E-state index contributed by atoms with van der Waals surface area (Å²) in [6.07, 6.45) is 1.83. The molecule has 1 aromatic carbocycles. The first-order valence-corrected chi connectivity index (χ1v) is 6.09. The van der Waals surface area contributed by atoms with E-state index in [1.54, 1.807) is 0 Å². The van der Waals surface area contributed by atoms with E-state index < -0.39 is 5.92 Å². The number of aromatic amines is 1. The van der Waals surface area contributed by atoms with Gasteiger partial charge in [0.05, 0.1) is 17.1 Å². The van der Waals surface area contributed by atoms with Crippen molar-refractivity contribution in [2.24, 2.45) is 5.92 Å². The molecule has 1 unspecified atom stereocenters. The molecule has 1 N–H and O–H groups in total. The van der Waals surface area contributed by atoms with Gasteiger partial charge in [-0.05, 0) is 31.4 Å². The molecule has 0 saturated heterocycles. The second-order valence-electron chi connectivity index (χ2n) is 4.83. The van der Waals surface area contributed by atoms with Gasteiger partial charge in [0.15, 0.2) is 11.7 Å². The lowest BCUT2D eigenvalue weighted by Crippen LogP contribution is -2.14. The molecule has 1 aromatic heterocycles. The van der Waals surface area contributed by atoms with E-state index in [0.717, 1.165) is 29.4 Å². The third kappa shape index (κ3) is 1.68. The van der Waals surface area contributed by atoms with Crippen molar-refractivity contribution in [2.75, 3.05) is 0 Å². The third-order valence-electron chi connectivity index (χ3n) is 3.40. The van der Waals surface area contributed by atoms with E-state index in [1.807, 2.05) is 25.1 Å². The van der Waals surface area contributed by atoms with Crippen molar-refractivity contribution in [3.63, 3.8) is 0 Å². The summed E-state index contributed by atoms with van der Waals surface area (Å²) in [7, 11) is 0. The Morgan fingerprint density at radius 2 is 2.33 bits per heavy atom. The molecule has 1 fully saturated rings. The molecule has 4 nitrogen and oxygen atoms in total. The largest absolute Gasteiger partial charge is 0.340 e. The van der Waals surface area contributed by atoms with E-state index in [9.17, 15) is 10.1 Å². The van der Waals surface area contributed by atoms with Crippen LogP contribution in [0, 0.1) is 24.2 Å². The molecule has 1 saturated carbocycles. The minimum absolute atomic E-state index is 0.00853. The molecular weight excluding hydrogens is 226 g/mol. The molecule has 3 rings (SSSR count). The number of nitrogens with zero attached hydrogens (tertiary/aromatic N) is 2. The number of fused-ring (bicyclic) bond motifs is 1. The molecule has 0 spiro atoms. The van der Waals surface area contributed by atoms with Gasteiger partial charge in [0.25, 0.3) is 0 Å². The quantitative estimate of drug-likeness (QED) is 0.894. The van der Waals surface area contributed by atoms with Gasteiger partial charge in [-0.15, -0.1) is 0 Å². The van der Waals surface area contributed by atoms with Crippen molar-refractivity contribution < 1.29 is 4.79 Å². The normalized spacial score (nSPS) is 16.4. The van der Waals surface area contributed by atoms with Gasteiger partial charge in [0.1, 0.15) is 5.82 Å². The number of rotatable bonds is 3. The summed E-state index contributed by atoms with van der Waals surface area (Å²) >= 11 is 0. The topological polar surface area (TPSA) is 69.5 Å². The van der Waals surface area contributed by atoms with Crippen LogP contribution in [-0.4, -0.2) is 15.8 Å². The number of nitrogens with one attached hydrogen (secondary N) is 1. The van der Waals surface area contributed by atoms with Crippen LogP contribution >= 0.6 is 0 Å². The van der Waals surface area contributed by atoms with E-state index in [4.69, 9.17) is 0 Å². The number of benzene rings is 1. The van der Waals surface area contributed by atoms with Crippen molar-refractivity contribution in [3.8, 4) is 6.07 Å². The predicted molar refractivity (Wildman–Crippen MR) is 66.9 cm³/mol. The zero-order valence-electron chi connectivity index (χ0n) is 10.1. The maximum Gasteiger partial charge on any atom is 0.162 e. The average Bonchev–Trinajstić information content (AvgIpc) is 3.11. The first-order chi connectivity index (χ1) is 8.70. The van der Waals surface area contributed by atoms with Crippen LogP contribution in [0.5, 0.6) is 0 Å². The van der Waals surface area contributed by atoms with Crippen LogP contribution in [0.15, 0.2) is 18.2 Å². The molecule has 1 aliphatic carbocycles. The minimum atomic E-state index is -0.746. The Kier molecular flexibility index (Phi) is 2.41. The summed E-state index contributed by atoms with van der Waals surface area (Å²) in [4.78, 5) is 19.5. The smallest absolute Gasteiger partial charge is 0.162 e. The lowest BCUT2D eigenvalue weighted by molar-refractivity contribution is -0.120. The summed E-state index contributed by atoms with van der Waals surface area (Å²) in [6, 6.07) is 7.89. The van der Waals surface area contributed by atoms with E-state index in [2.05, 4.69) is 16.0 Å². The molecule has 0 amide bonds. The van der Waals surface area contributed by atoms with E-state index >= 15 is 0 Å². The first kappa shape index (κ1) is 11.0. The molecule has 4 heteroatoms. The number of H-pyrrole nitrogens is 1. The molecular formula is C14H13N3O. The summed E-state index contributed by atoms with van der Waals surface area (Å²) < 4.78 is 0. The number of aryl methyl sites for hydroxylation is 1. The van der Waals surface area contributed by atoms with Gasteiger partial charge in [-0.25, -0.2) is 4.98 Å². The maximum absolute atomic E-state index is 12.0. The average molecular weight is 239 g/mol. The van der Waals surface area contributed by atoms with E-state index in [0.29, 0.717) is 5.82 Å². The minimum Gasteiger partial charge on any atom is -0.340 e. The molecule has 18 heavy (non-hydrogen) atoms. The predicted octanol–water partition coefficient (Wildman–Crippen LogP) is 2.46. The van der Waals surface area contributed by atoms with Gasteiger partial charge in [-0.3, -0.25) is 4.79 Å². The third-order valence-corrected chi connectivity index (χ3v) is 3.40. The fourth-order valence-corrected chi connectivity index (χ4v) is 2.19. The summed E-state index contributed by atoms with van der Waals surface area (Å²) in [5.74, 6) is -0.179. The molecule has 1 atom stereocenters. The second kappa shape index (κ2) is 3.95. The number of aromatic nitrogens is 2. The van der Waals surface area contributed by atoms with Gasteiger partial charge in [-0.2, -0.15) is 5.26 Å². The maximum atomic E-state index is 12.0. The molecule has 0 bridgehead atoms. The van der Waals surface area contributed by atoms with Crippen molar-refractivity contribution >= 4 is 16.8 Å². The van der Waals surface area contributed by atoms with Crippen LogP contribution in [0.4, 0.5) is 0 Å². The lowest BCUT2D eigenvalue weighted by atomic mass is 10.0. The Bertz CT molecular complexity index is 661. The van der Waals surface area contributed by atoms with Crippen molar-refractivity contribution in [1.82, 2.24) is 9.97 Å². The number of carbonyl (C=O) groups is 1. The van der Waals surface area contributed by atoms with Crippen LogP contribution in [0.25, 0.3) is 11.0 Å².